The Bertz CT molecular complexity index is 357. The second-order valence-electron chi connectivity index (χ2n) is 6.09. The molecule has 1 rings (SSSR count). The summed E-state index contributed by atoms with van der Waals surface area (Å²) in [7, 11) is 1.68. The van der Waals surface area contributed by atoms with Crippen LogP contribution in [0.15, 0.2) is 0 Å². The van der Waals surface area contributed by atoms with Crippen LogP contribution < -0.4 is 0 Å². The summed E-state index contributed by atoms with van der Waals surface area (Å²) in [5, 5.41) is 18.2. The molecule has 1 saturated heterocycles. The topological polar surface area (TPSA) is 81.1 Å². The Morgan fingerprint density at radius 1 is 1.35 bits per heavy atom. The van der Waals surface area contributed by atoms with Crippen molar-refractivity contribution >= 4 is 12.0 Å². The molecule has 0 saturated carbocycles. The van der Waals surface area contributed by atoms with Gasteiger partial charge in [0.1, 0.15) is 0 Å². The number of aliphatic carboxylic acids is 1. The lowest BCUT2D eigenvalue weighted by Gasteiger charge is -2.42. The Kier molecular flexibility index (Phi) is 5.80. The van der Waals surface area contributed by atoms with E-state index in [0.717, 1.165) is 19.3 Å². The molecule has 1 fully saturated rings. The summed E-state index contributed by atoms with van der Waals surface area (Å²) in [6.45, 7) is 4.17. The zero-order valence-corrected chi connectivity index (χ0v) is 12.6. The predicted octanol–water partition coefficient (Wildman–Crippen LogP) is 1.53. The number of aliphatic hydroxyl groups is 1. The van der Waals surface area contributed by atoms with E-state index in [-0.39, 0.29) is 25.1 Å². The molecule has 0 spiro atoms. The number of nitrogens with zero attached hydrogens (tertiary/aromatic N) is 2. The van der Waals surface area contributed by atoms with E-state index in [1.54, 1.807) is 30.7 Å². The van der Waals surface area contributed by atoms with E-state index in [4.69, 9.17) is 5.11 Å². The number of aliphatic hydroxyl groups excluding tert-OH is 1. The number of carbonyl (C=O) groups excluding carboxylic acids is 1. The Morgan fingerprint density at radius 2 is 2.00 bits per heavy atom. The van der Waals surface area contributed by atoms with E-state index in [1.165, 1.54) is 0 Å². The van der Waals surface area contributed by atoms with Crippen LogP contribution in [0.25, 0.3) is 0 Å². The molecular formula is C14H26N2O4. The van der Waals surface area contributed by atoms with Gasteiger partial charge in [0, 0.05) is 26.1 Å². The number of carboxylic acids is 1. The maximum atomic E-state index is 12.6. The van der Waals surface area contributed by atoms with Crippen LogP contribution in [0, 0.1) is 0 Å². The number of likely N-dealkylation sites (N-methyl/N-ethyl adjacent to an activating group) is 1. The molecule has 116 valence electrons. The monoisotopic (exact) mass is 286 g/mol. The first-order valence-corrected chi connectivity index (χ1v) is 7.16. The third kappa shape index (κ3) is 4.10. The molecule has 20 heavy (non-hydrogen) atoms. The number of rotatable bonds is 5. The summed E-state index contributed by atoms with van der Waals surface area (Å²) in [6.07, 6.45) is 3.41. The van der Waals surface area contributed by atoms with Crippen LogP contribution in [0.2, 0.25) is 0 Å². The summed E-state index contributed by atoms with van der Waals surface area (Å²) in [4.78, 5) is 26.6. The second kappa shape index (κ2) is 6.92. The largest absolute Gasteiger partial charge is 0.481 e. The number of hydrogen-bond acceptors (Lipinski definition) is 3. The van der Waals surface area contributed by atoms with Gasteiger partial charge in [-0.05, 0) is 39.5 Å². The number of amides is 2. The van der Waals surface area contributed by atoms with Gasteiger partial charge in [0.15, 0.2) is 0 Å². The fourth-order valence-corrected chi connectivity index (χ4v) is 2.40. The SMILES string of the molecule is CN(C(=O)N1CCCCC1CCC(=O)O)C(C)(C)CO. The quantitative estimate of drug-likeness (QED) is 0.803. The van der Waals surface area contributed by atoms with Gasteiger partial charge in [-0.25, -0.2) is 4.79 Å². The van der Waals surface area contributed by atoms with Crippen LogP contribution >= 0.6 is 0 Å². The summed E-state index contributed by atoms with van der Waals surface area (Å²) >= 11 is 0. The van der Waals surface area contributed by atoms with Gasteiger partial charge in [-0.2, -0.15) is 0 Å². The highest BCUT2D eigenvalue weighted by Crippen LogP contribution is 2.24. The van der Waals surface area contributed by atoms with Gasteiger partial charge < -0.3 is 20.0 Å². The van der Waals surface area contributed by atoms with Crippen molar-refractivity contribution in [2.45, 2.75) is 57.5 Å². The molecule has 0 bridgehead atoms. The fourth-order valence-electron chi connectivity index (χ4n) is 2.40. The van der Waals surface area contributed by atoms with E-state index in [0.29, 0.717) is 13.0 Å². The smallest absolute Gasteiger partial charge is 0.320 e. The molecule has 0 aromatic carbocycles. The molecule has 6 heteroatoms. The lowest BCUT2D eigenvalue weighted by atomic mass is 9.97. The zero-order chi connectivity index (χ0) is 15.3. The lowest BCUT2D eigenvalue weighted by Crippen LogP contribution is -2.56. The summed E-state index contributed by atoms with van der Waals surface area (Å²) < 4.78 is 0. The minimum absolute atomic E-state index is 0.00991. The van der Waals surface area contributed by atoms with Gasteiger partial charge in [0.05, 0.1) is 12.1 Å². The fraction of sp³-hybridized carbons (Fsp3) is 0.857. The van der Waals surface area contributed by atoms with E-state index in [2.05, 4.69) is 0 Å². The summed E-state index contributed by atoms with van der Waals surface area (Å²) in [5.41, 5.74) is -0.619. The Hall–Kier alpha value is -1.30. The van der Waals surface area contributed by atoms with Crippen molar-refractivity contribution in [2.24, 2.45) is 0 Å². The van der Waals surface area contributed by atoms with Gasteiger partial charge in [-0.15, -0.1) is 0 Å². The van der Waals surface area contributed by atoms with Gasteiger partial charge >= 0.3 is 12.0 Å². The van der Waals surface area contributed by atoms with Crippen molar-refractivity contribution in [1.82, 2.24) is 9.80 Å². The first-order chi connectivity index (χ1) is 9.29. The van der Waals surface area contributed by atoms with E-state index < -0.39 is 11.5 Å². The molecule has 1 aliphatic rings. The van der Waals surface area contributed by atoms with Crippen LogP contribution in [-0.4, -0.2) is 63.8 Å². The van der Waals surface area contributed by atoms with Crippen molar-refractivity contribution in [3.8, 4) is 0 Å². The van der Waals surface area contributed by atoms with E-state index in [1.807, 2.05) is 0 Å². The minimum Gasteiger partial charge on any atom is -0.481 e. The number of likely N-dealkylation sites (tertiary alicyclic amines) is 1. The third-order valence-corrected chi connectivity index (χ3v) is 4.15. The Balaban J connectivity index is 2.74. The van der Waals surface area contributed by atoms with Crippen LogP contribution in [0.1, 0.15) is 46.0 Å². The molecule has 2 N–H and O–H groups in total. The lowest BCUT2D eigenvalue weighted by molar-refractivity contribution is -0.137. The standard InChI is InChI=1S/C14H26N2O4/c1-14(2,10-17)15(3)13(20)16-9-5-4-6-11(16)7-8-12(18)19/h11,17H,4-10H2,1-3H3,(H,18,19). The Labute approximate surface area is 120 Å². The predicted molar refractivity (Wildman–Crippen MR) is 75.5 cm³/mol. The highest BCUT2D eigenvalue weighted by atomic mass is 16.4. The molecule has 2 amide bonds. The maximum absolute atomic E-state index is 12.6. The first kappa shape index (κ1) is 16.8. The van der Waals surface area contributed by atoms with Crippen molar-refractivity contribution in [2.75, 3.05) is 20.2 Å². The van der Waals surface area contributed by atoms with Crippen molar-refractivity contribution in [3.63, 3.8) is 0 Å². The van der Waals surface area contributed by atoms with Crippen LogP contribution in [0.4, 0.5) is 4.79 Å². The molecule has 0 aromatic rings. The highest BCUT2D eigenvalue weighted by molar-refractivity contribution is 5.75. The number of carboxylic acid groups (broad SMARTS) is 1. The average molecular weight is 286 g/mol. The Morgan fingerprint density at radius 3 is 2.55 bits per heavy atom. The third-order valence-electron chi connectivity index (χ3n) is 4.15. The van der Waals surface area contributed by atoms with Gasteiger partial charge in [0.2, 0.25) is 0 Å². The normalized spacial score (nSPS) is 19.8. The molecule has 0 aliphatic carbocycles. The number of carbonyl (C=O) groups is 2. The average Bonchev–Trinajstić information content (AvgIpc) is 2.43. The molecule has 6 nitrogen and oxygen atoms in total. The van der Waals surface area contributed by atoms with E-state index >= 15 is 0 Å². The molecule has 0 radical (unpaired) electrons. The molecule has 1 heterocycles. The van der Waals surface area contributed by atoms with Crippen LogP contribution in [-0.2, 0) is 4.79 Å². The minimum atomic E-state index is -0.827. The van der Waals surface area contributed by atoms with E-state index in [9.17, 15) is 14.7 Å². The first-order valence-electron chi connectivity index (χ1n) is 7.16. The van der Waals surface area contributed by atoms with Gasteiger partial charge in [-0.3, -0.25) is 4.79 Å². The summed E-state index contributed by atoms with van der Waals surface area (Å²) in [6, 6.07) is -0.136. The second-order valence-corrected chi connectivity index (χ2v) is 6.09. The van der Waals surface area contributed by atoms with Crippen molar-refractivity contribution in [3.05, 3.63) is 0 Å². The van der Waals surface area contributed by atoms with Crippen molar-refractivity contribution in [1.29, 1.82) is 0 Å². The maximum Gasteiger partial charge on any atom is 0.320 e. The van der Waals surface area contributed by atoms with Crippen LogP contribution in [0.5, 0.6) is 0 Å². The molecule has 1 unspecified atom stereocenters. The van der Waals surface area contributed by atoms with Gasteiger partial charge in [0.25, 0.3) is 0 Å². The highest BCUT2D eigenvalue weighted by Gasteiger charge is 2.34. The number of urea groups is 1. The summed E-state index contributed by atoms with van der Waals surface area (Å²) in [5.74, 6) is -0.827. The molecule has 1 aliphatic heterocycles. The zero-order valence-electron chi connectivity index (χ0n) is 12.6. The van der Waals surface area contributed by atoms with Crippen molar-refractivity contribution < 1.29 is 19.8 Å². The number of hydrogen-bond donors (Lipinski definition) is 2. The molecular weight excluding hydrogens is 260 g/mol. The molecule has 1 atom stereocenters. The number of piperidine rings is 1. The molecule has 0 aromatic heterocycles. The van der Waals surface area contributed by atoms with Crippen LogP contribution in [0.3, 0.4) is 0 Å². The van der Waals surface area contributed by atoms with Gasteiger partial charge in [-0.1, -0.05) is 0 Å².